The first-order valence-corrected chi connectivity index (χ1v) is 9.27. The fraction of sp³-hybridized carbons (Fsp3) is 0.250. The van der Waals surface area contributed by atoms with Gasteiger partial charge in [0.05, 0.1) is 11.3 Å². The number of Topliss-reactive ketones (excluding diaryl/α,β-unsaturated/α-hetero) is 1. The molecule has 0 aromatic heterocycles. The number of carbonyl (C=O) groups excluding carboxylic acids is 3. The maximum Gasteiger partial charge on any atom is 0.338 e. The molecule has 0 saturated heterocycles. The second-order valence-corrected chi connectivity index (χ2v) is 7.31. The molecular weight excluding hydrogens is 350 g/mol. The first kappa shape index (κ1) is 18.2. The van der Waals surface area contributed by atoms with Gasteiger partial charge in [-0.1, -0.05) is 17.7 Å². The number of rotatable bonds is 4. The van der Waals surface area contributed by atoms with Gasteiger partial charge in [-0.15, -0.1) is 11.8 Å². The zero-order chi connectivity index (χ0) is 18.7. The van der Waals surface area contributed by atoms with E-state index < -0.39 is 5.97 Å². The lowest BCUT2D eigenvalue weighted by Gasteiger charge is -2.10. The van der Waals surface area contributed by atoms with Crippen molar-refractivity contribution >= 4 is 35.1 Å². The Kier molecular flexibility index (Phi) is 5.42. The molecule has 0 atom stereocenters. The number of aryl methyl sites for hydroxylation is 2. The molecular formula is C20H19NO4S. The smallest absolute Gasteiger partial charge is 0.338 e. The van der Waals surface area contributed by atoms with Crippen LogP contribution in [-0.2, 0) is 9.53 Å². The summed E-state index contributed by atoms with van der Waals surface area (Å²) >= 11 is 1.56. The summed E-state index contributed by atoms with van der Waals surface area (Å²) in [7, 11) is 0. The number of benzene rings is 2. The van der Waals surface area contributed by atoms with Crippen molar-refractivity contribution < 1.29 is 19.1 Å². The zero-order valence-electron chi connectivity index (χ0n) is 14.6. The van der Waals surface area contributed by atoms with Crippen molar-refractivity contribution in [3.8, 4) is 0 Å². The molecule has 1 aliphatic heterocycles. The monoisotopic (exact) mass is 369 g/mol. The molecule has 2 aromatic carbocycles. The van der Waals surface area contributed by atoms with E-state index in [2.05, 4.69) is 5.32 Å². The second-order valence-electron chi connectivity index (χ2n) is 6.18. The van der Waals surface area contributed by atoms with Crippen LogP contribution in [-0.4, -0.2) is 30.0 Å². The van der Waals surface area contributed by atoms with Crippen LogP contribution < -0.4 is 5.32 Å². The standard InChI is InChI=1S/C20H19NO4S/c1-12-3-4-13(2)15(9-12)17(22)11-25-20(24)14-5-6-18-16(10-14)21-19(23)7-8-26-18/h3-6,9-10H,7-8,11H2,1-2H3,(H,21,23). The van der Waals surface area contributed by atoms with Crippen molar-refractivity contribution in [2.24, 2.45) is 0 Å². The summed E-state index contributed by atoms with van der Waals surface area (Å²) in [6.07, 6.45) is 0.434. The van der Waals surface area contributed by atoms with E-state index in [0.717, 1.165) is 16.0 Å². The first-order chi connectivity index (χ1) is 12.4. The molecule has 1 N–H and O–H groups in total. The number of ether oxygens (including phenoxy) is 1. The van der Waals surface area contributed by atoms with Gasteiger partial charge in [-0.2, -0.15) is 0 Å². The summed E-state index contributed by atoms with van der Waals surface area (Å²) in [6.45, 7) is 3.44. The Bertz CT molecular complexity index is 891. The lowest BCUT2D eigenvalue weighted by molar-refractivity contribution is -0.115. The van der Waals surface area contributed by atoms with Gasteiger partial charge in [-0.05, 0) is 43.7 Å². The van der Waals surface area contributed by atoms with Crippen LogP contribution in [0.5, 0.6) is 0 Å². The van der Waals surface area contributed by atoms with E-state index in [1.165, 1.54) is 0 Å². The molecule has 1 amide bonds. The van der Waals surface area contributed by atoms with Gasteiger partial charge >= 0.3 is 5.97 Å². The van der Waals surface area contributed by atoms with Crippen LogP contribution in [0.3, 0.4) is 0 Å². The van der Waals surface area contributed by atoms with E-state index >= 15 is 0 Å². The minimum atomic E-state index is -0.588. The first-order valence-electron chi connectivity index (χ1n) is 8.28. The molecule has 0 saturated carbocycles. The van der Waals surface area contributed by atoms with E-state index in [1.807, 2.05) is 26.0 Å². The van der Waals surface area contributed by atoms with E-state index in [-0.39, 0.29) is 18.3 Å². The lowest BCUT2D eigenvalue weighted by atomic mass is 10.0. The number of nitrogens with one attached hydrogen (secondary N) is 1. The van der Waals surface area contributed by atoms with Gasteiger partial charge in [0.15, 0.2) is 6.61 Å². The zero-order valence-corrected chi connectivity index (χ0v) is 15.4. The summed E-state index contributed by atoms with van der Waals surface area (Å²) < 4.78 is 5.18. The Morgan fingerprint density at radius 2 is 1.96 bits per heavy atom. The molecule has 0 bridgehead atoms. The Morgan fingerprint density at radius 3 is 2.77 bits per heavy atom. The van der Waals surface area contributed by atoms with E-state index in [9.17, 15) is 14.4 Å². The summed E-state index contributed by atoms with van der Waals surface area (Å²) in [5, 5.41) is 2.79. The quantitative estimate of drug-likeness (QED) is 0.656. The van der Waals surface area contributed by atoms with Crippen LogP contribution in [0.25, 0.3) is 0 Å². The molecule has 3 rings (SSSR count). The average molecular weight is 369 g/mol. The largest absolute Gasteiger partial charge is 0.454 e. The molecule has 0 spiro atoms. The maximum atomic E-state index is 12.3. The predicted molar refractivity (Wildman–Crippen MR) is 101 cm³/mol. The van der Waals surface area contributed by atoms with Gasteiger partial charge in [0.25, 0.3) is 0 Å². The molecule has 0 fully saturated rings. The highest BCUT2D eigenvalue weighted by Gasteiger charge is 2.18. The normalized spacial score (nSPS) is 13.4. The summed E-state index contributed by atoms with van der Waals surface area (Å²) in [5.74, 6) is -0.201. The summed E-state index contributed by atoms with van der Waals surface area (Å²) in [5.41, 5.74) is 3.29. The fourth-order valence-electron chi connectivity index (χ4n) is 2.68. The third-order valence-electron chi connectivity index (χ3n) is 4.10. The van der Waals surface area contributed by atoms with Crippen LogP contribution in [0.4, 0.5) is 5.69 Å². The third kappa shape index (κ3) is 4.14. The minimum Gasteiger partial charge on any atom is -0.454 e. The molecule has 0 unspecified atom stereocenters. The number of anilines is 1. The second kappa shape index (κ2) is 7.74. The van der Waals surface area contributed by atoms with Gasteiger partial charge in [0, 0.05) is 22.6 Å². The molecule has 1 heterocycles. The van der Waals surface area contributed by atoms with E-state index in [1.54, 1.807) is 36.0 Å². The van der Waals surface area contributed by atoms with Gasteiger partial charge in [0.2, 0.25) is 11.7 Å². The molecule has 0 aliphatic carbocycles. The Balaban J connectivity index is 1.69. The summed E-state index contributed by atoms with van der Waals surface area (Å²) in [4.78, 5) is 37.2. The third-order valence-corrected chi connectivity index (χ3v) is 5.18. The number of amides is 1. The van der Waals surface area contributed by atoms with Gasteiger partial charge < -0.3 is 10.1 Å². The van der Waals surface area contributed by atoms with Crippen molar-refractivity contribution in [1.82, 2.24) is 0 Å². The summed E-state index contributed by atoms with van der Waals surface area (Å²) in [6, 6.07) is 10.6. The number of hydrogen-bond donors (Lipinski definition) is 1. The molecule has 5 nitrogen and oxygen atoms in total. The number of hydrogen-bond acceptors (Lipinski definition) is 5. The van der Waals surface area contributed by atoms with E-state index in [0.29, 0.717) is 29.0 Å². The number of carbonyl (C=O) groups is 3. The topological polar surface area (TPSA) is 72.5 Å². The van der Waals surface area contributed by atoms with Crippen LogP contribution in [0.2, 0.25) is 0 Å². The number of thioether (sulfide) groups is 1. The van der Waals surface area contributed by atoms with Crippen molar-refractivity contribution in [3.05, 3.63) is 58.7 Å². The Labute approximate surface area is 156 Å². The van der Waals surface area contributed by atoms with Crippen LogP contribution in [0.15, 0.2) is 41.3 Å². The molecule has 26 heavy (non-hydrogen) atoms. The van der Waals surface area contributed by atoms with Crippen molar-refractivity contribution in [2.45, 2.75) is 25.2 Å². The predicted octanol–water partition coefficient (Wildman–Crippen LogP) is 3.78. The van der Waals surface area contributed by atoms with Gasteiger partial charge in [0.1, 0.15) is 0 Å². The van der Waals surface area contributed by atoms with Crippen LogP contribution >= 0.6 is 11.8 Å². The number of ketones is 1. The molecule has 2 aromatic rings. The van der Waals surface area contributed by atoms with Crippen LogP contribution in [0.1, 0.15) is 38.3 Å². The number of fused-ring (bicyclic) bond motifs is 1. The maximum absolute atomic E-state index is 12.3. The Hall–Kier alpha value is -2.60. The molecule has 6 heteroatoms. The molecule has 134 valence electrons. The highest BCUT2D eigenvalue weighted by molar-refractivity contribution is 7.99. The van der Waals surface area contributed by atoms with Crippen LogP contribution in [0, 0.1) is 13.8 Å². The van der Waals surface area contributed by atoms with Gasteiger partial charge in [-0.3, -0.25) is 9.59 Å². The van der Waals surface area contributed by atoms with Gasteiger partial charge in [-0.25, -0.2) is 4.79 Å². The SMILES string of the molecule is Cc1ccc(C)c(C(=O)COC(=O)c2ccc3c(c2)NC(=O)CCS3)c1. The number of esters is 1. The Morgan fingerprint density at radius 1 is 1.15 bits per heavy atom. The van der Waals surface area contributed by atoms with Crippen molar-refractivity contribution in [2.75, 3.05) is 17.7 Å². The highest BCUT2D eigenvalue weighted by Crippen LogP contribution is 2.31. The molecule has 0 radical (unpaired) electrons. The fourth-order valence-corrected chi connectivity index (χ4v) is 3.61. The van der Waals surface area contributed by atoms with Crippen molar-refractivity contribution in [1.29, 1.82) is 0 Å². The van der Waals surface area contributed by atoms with E-state index in [4.69, 9.17) is 4.74 Å². The molecule has 1 aliphatic rings. The lowest BCUT2D eigenvalue weighted by Crippen LogP contribution is -2.16. The minimum absolute atomic E-state index is 0.0770. The van der Waals surface area contributed by atoms with Crippen molar-refractivity contribution in [3.63, 3.8) is 0 Å². The highest BCUT2D eigenvalue weighted by atomic mass is 32.2. The average Bonchev–Trinajstić information content (AvgIpc) is 2.81.